The normalized spacial score (nSPS) is 12.7. The molecule has 4 atom stereocenters. The number of carbonyl (C=O) groups is 4. The summed E-state index contributed by atoms with van der Waals surface area (Å²) in [6, 6.07) is 20.2. The molecule has 364 valence electrons. The van der Waals surface area contributed by atoms with Crippen molar-refractivity contribution in [2.45, 2.75) is 245 Å². The predicted octanol–water partition coefficient (Wildman–Crippen LogP) is 11.1. The van der Waals surface area contributed by atoms with Crippen LogP contribution in [0.5, 0.6) is 0 Å². The second-order valence-electron chi connectivity index (χ2n) is 17.4. The van der Waals surface area contributed by atoms with Gasteiger partial charge in [0.05, 0.1) is 25.4 Å². The van der Waals surface area contributed by atoms with Crippen molar-refractivity contribution in [3.63, 3.8) is 0 Å². The van der Waals surface area contributed by atoms with E-state index in [0.29, 0.717) is 26.1 Å². The van der Waals surface area contributed by atoms with Gasteiger partial charge in [-0.2, -0.15) is 0 Å². The molecule has 0 heterocycles. The summed E-state index contributed by atoms with van der Waals surface area (Å²) in [7, 11) is 0. The zero-order valence-electron chi connectivity index (χ0n) is 41.1. The molecule has 4 unspecified atom stereocenters. The first-order valence-corrected chi connectivity index (χ1v) is 25.1. The van der Waals surface area contributed by atoms with Gasteiger partial charge in [-0.15, -0.1) is 0 Å². The Balaban J connectivity index is 0.00000124. The summed E-state index contributed by atoms with van der Waals surface area (Å²) in [6.45, 7) is 8.38. The van der Waals surface area contributed by atoms with Gasteiger partial charge in [0, 0.05) is 25.8 Å². The Morgan fingerprint density at radius 1 is 0.415 bits per heavy atom. The van der Waals surface area contributed by atoms with E-state index in [4.69, 9.17) is 18.9 Å². The van der Waals surface area contributed by atoms with Crippen LogP contribution < -0.4 is 10.2 Å². The summed E-state index contributed by atoms with van der Waals surface area (Å²) in [5.74, 6) is -2.54. The van der Waals surface area contributed by atoms with E-state index in [9.17, 15) is 29.4 Å². The first-order valence-electron chi connectivity index (χ1n) is 25.1. The number of aliphatic carboxylic acids is 2. The number of unbranched alkanes of at least 4 members (excludes halogenated alkanes) is 18. The number of ether oxygens (including phenoxy) is 4. The van der Waals surface area contributed by atoms with Gasteiger partial charge in [-0.1, -0.05) is 190 Å². The van der Waals surface area contributed by atoms with Crippen LogP contribution in [-0.2, 0) is 51.3 Å². The Morgan fingerprint density at radius 2 is 0.692 bits per heavy atom. The first-order chi connectivity index (χ1) is 31.0. The third-order valence-electron chi connectivity index (χ3n) is 11.5. The molecule has 2 rings (SSSR count). The van der Waals surface area contributed by atoms with Crippen LogP contribution in [0, 0.1) is 0 Å². The largest absolute Gasteiger partial charge is 2.00 e. The monoisotopic (exact) mass is 1030 g/mol. The van der Waals surface area contributed by atoms with Crippen molar-refractivity contribution in [2.24, 2.45) is 0 Å². The van der Waals surface area contributed by atoms with Gasteiger partial charge in [0.15, 0.2) is 0 Å². The van der Waals surface area contributed by atoms with Gasteiger partial charge in [0.25, 0.3) is 0 Å². The smallest absolute Gasteiger partial charge is 0.550 e. The van der Waals surface area contributed by atoms with Gasteiger partial charge in [-0.25, -0.2) is 0 Å². The quantitative estimate of drug-likeness (QED) is 0.0358. The molecular formula is C54H86BaO10. The van der Waals surface area contributed by atoms with Crippen molar-refractivity contribution in [2.75, 3.05) is 0 Å². The summed E-state index contributed by atoms with van der Waals surface area (Å²) in [5, 5.41) is 21.1. The van der Waals surface area contributed by atoms with E-state index in [1.54, 1.807) is 0 Å². The molecule has 2 aromatic carbocycles. The van der Waals surface area contributed by atoms with Crippen LogP contribution in [0.25, 0.3) is 0 Å². The molecule has 11 heteroatoms. The molecule has 65 heavy (non-hydrogen) atoms. The summed E-state index contributed by atoms with van der Waals surface area (Å²) in [6.07, 6.45) is 26.4. The summed E-state index contributed by atoms with van der Waals surface area (Å²) in [4.78, 5) is 44.6. The third-order valence-corrected chi connectivity index (χ3v) is 11.5. The molecule has 0 bridgehead atoms. The van der Waals surface area contributed by atoms with Crippen molar-refractivity contribution < 1.29 is 48.3 Å². The molecular weight excluding hydrogens is 946 g/mol. The van der Waals surface area contributed by atoms with Gasteiger partial charge in [-0.3, -0.25) is 9.59 Å². The van der Waals surface area contributed by atoms with Crippen LogP contribution >= 0.6 is 0 Å². The van der Waals surface area contributed by atoms with Crippen LogP contribution in [-0.4, -0.2) is 97.2 Å². The number of carboxylic acids is 2. The fourth-order valence-corrected chi connectivity index (χ4v) is 7.92. The average Bonchev–Trinajstić information content (AvgIpc) is 3.27. The number of carboxylic acid groups (broad SMARTS) is 2. The second-order valence-corrected chi connectivity index (χ2v) is 17.4. The molecule has 0 aromatic heterocycles. The number of carbonyl (C=O) groups excluding carboxylic acids is 4. The molecule has 0 saturated heterocycles. The molecule has 2 aromatic rings. The molecule has 0 fully saturated rings. The van der Waals surface area contributed by atoms with Crippen molar-refractivity contribution >= 4 is 72.8 Å². The minimum Gasteiger partial charge on any atom is -0.550 e. The SMILES string of the molecule is CCCCCCCCCC(OCc1ccccc1)C(CCCCCCC(=O)[O-])OC(C)=O.CCCCCCCCCC(OCc1ccccc1)C(CCCCCCC(=O)[O-])OC(C)=O.[Ba+2]. The van der Waals surface area contributed by atoms with Crippen LogP contribution in [0.2, 0.25) is 0 Å². The fraction of sp³-hybridized carbons (Fsp3) is 0.704. The van der Waals surface area contributed by atoms with E-state index in [2.05, 4.69) is 13.8 Å². The summed E-state index contributed by atoms with van der Waals surface area (Å²) >= 11 is 0. The maximum Gasteiger partial charge on any atom is 2.00 e. The standard InChI is InChI=1S/2C27H44O5.Ba/c2*1-3-4-5-6-7-8-14-19-25(31-22-24-17-12-11-13-18-24)26(32-23(2)28)20-15-9-10-16-21-27(29)30;/h2*11-13,17-18,25-26H,3-10,14-16,19-22H2,1-2H3,(H,29,30);/q;;+2/p-2. The van der Waals surface area contributed by atoms with Crippen molar-refractivity contribution in [1.29, 1.82) is 0 Å². The number of benzene rings is 2. The Bertz CT molecular complexity index is 1320. The Hall–Kier alpha value is -2.19. The molecule has 0 amide bonds. The third kappa shape index (κ3) is 38.5. The number of rotatable bonds is 40. The van der Waals surface area contributed by atoms with E-state index in [1.165, 1.54) is 90.9 Å². The van der Waals surface area contributed by atoms with Crippen molar-refractivity contribution in [3.8, 4) is 0 Å². The Labute approximate surface area is 434 Å². The van der Waals surface area contributed by atoms with Crippen LogP contribution in [0.4, 0.5) is 0 Å². The Morgan fingerprint density at radius 3 is 0.985 bits per heavy atom. The van der Waals surface area contributed by atoms with E-state index < -0.39 is 11.9 Å². The minimum absolute atomic E-state index is 0. The van der Waals surface area contributed by atoms with Crippen LogP contribution in [0.15, 0.2) is 60.7 Å². The molecule has 0 aliphatic heterocycles. The van der Waals surface area contributed by atoms with E-state index in [0.717, 1.165) is 88.2 Å². The van der Waals surface area contributed by atoms with Crippen molar-refractivity contribution in [1.82, 2.24) is 0 Å². The maximum atomic E-state index is 11.8. The molecule has 0 radical (unpaired) electrons. The van der Waals surface area contributed by atoms with Crippen LogP contribution in [0.3, 0.4) is 0 Å². The van der Waals surface area contributed by atoms with Gasteiger partial charge < -0.3 is 38.7 Å². The van der Waals surface area contributed by atoms with Gasteiger partial charge in [-0.05, 0) is 75.3 Å². The van der Waals surface area contributed by atoms with Crippen molar-refractivity contribution in [3.05, 3.63) is 71.8 Å². The van der Waals surface area contributed by atoms with Crippen LogP contribution in [0.1, 0.15) is 219 Å². The molecule has 0 aliphatic rings. The van der Waals surface area contributed by atoms with Gasteiger partial charge >= 0.3 is 60.8 Å². The molecule has 10 nitrogen and oxygen atoms in total. The molecule has 0 saturated carbocycles. The van der Waals surface area contributed by atoms with E-state index >= 15 is 0 Å². The summed E-state index contributed by atoms with van der Waals surface area (Å²) in [5.41, 5.74) is 2.22. The average molecular weight is 1030 g/mol. The van der Waals surface area contributed by atoms with Gasteiger partial charge in [0.1, 0.15) is 12.2 Å². The molecule has 0 spiro atoms. The zero-order chi connectivity index (χ0) is 46.9. The minimum atomic E-state index is -0.994. The molecule has 0 N–H and O–H groups in total. The predicted molar refractivity (Wildman–Crippen MR) is 258 cm³/mol. The topological polar surface area (TPSA) is 151 Å². The van der Waals surface area contributed by atoms with Gasteiger partial charge in [0.2, 0.25) is 0 Å². The number of hydrogen-bond acceptors (Lipinski definition) is 10. The van der Waals surface area contributed by atoms with E-state index in [1.807, 2.05) is 60.7 Å². The number of hydrogen-bond donors (Lipinski definition) is 0. The Kier molecular flexibility index (Phi) is 42.8. The fourth-order valence-electron chi connectivity index (χ4n) is 7.92. The number of esters is 2. The second kappa shape index (κ2) is 44.3. The maximum absolute atomic E-state index is 11.8. The summed E-state index contributed by atoms with van der Waals surface area (Å²) < 4.78 is 23.9. The van der Waals surface area contributed by atoms with E-state index in [-0.39, 0.29) is 98.1 Å². The molecule has 0 aliphatic carbocycles. The zero-order valence-corrected chi connectivity index (χ0v) is 45.5. The first kappa shape index (κ1) is 62.8.